The van der Waals surface area contributed by atoms with Gasteiger partial charge in [0, 0.05) is 23.4 Å². The average molecular weight is 318 g/mol. The fourth-order valence-corrected chi connectivity index (χ4v) is 2.20. The lowest BCUT2D eigenvalue weighted by molar-refractivity contribution is -0.135. The molecule has 1 aromatic rings. The molecule has 23 heavy (non-hydrogen) atoms. The highest BCUT2D eigenvalue weighted by molar-refractivity contribution is 6.05. The lowest BCUT2D eigenvalue weighted by Gasteiger charge is -2.25. The monoisotopic (exact) mass is 318 g/mol. The van der Waals surface area contributed by atoms with E-state index in [0.29, 0.717) is 12.0 Å². The number of rotatable bonds is 4. The Labute approximate surface area is 137 Å². The minimum absolute atomic E-state index is 0.245. The third-order valence-electron chi connectivity index (χ3n) is 3.74. The summed E-state index contributed by atoms with van der Waals surface area (Å²) in [6.07, 6.45) is 0.431. The minimum Gasteiger partial charge on any atom is -0.369 e. The van der Waals surface area contributed by atoms with Crippen LogP contribution in [0.5, 0.6) is 0 Å². The Balaban J connectivity index is 3.03. The summed E-state index contributed by atoms with van der Waals surface area (Å²) in [5.41, 5.74) is 5.31. The van der Waals surface area contributed by atoms with Crippen LogP contribution in [0.2, 0.25) is 0 Å². The van der Waals surface area contributed by atoms with Gasteiger partial charge in [-0.05, 0) is 24.1 Å². The molecule has 0 saturated carbocycles. The molecular formula is C18H26N2O3. The van der Waals surface area contributed by atoms with E-state index in [4.69, 9.17) is 5.73 Å². The zero-order valence-corrected chi connectivity index (χ0v) is 14.8. The zero-order chi connectivity index (χ0) is 18.0. The zero-order valence-electron chi connectivity index (χ0n) is 14.8. The quantitative estimate of drug-likeness (QED) is 0.925. The molecule has 0 aliphatic rings. The maximum atomic E-state index is 12.5. The highest BCUT2D eigenvalue weighted by Crippen LogP contribution is 2.23. The molecule has 5 nitrogen and oxygen atoms in total. The van der Waals surface area contributed by atoms with Crippen molar-refractivity contribution in [2.24, 2.45) is 16.6 Å². The summed E-state index contributed by atoms with van der Waals surface area (Å²) < 4.78 is 0. The first-order valence-corrected chi connectivity index (χ1v) is 7.57. The molecule has 5 heteroatoms. The predicted molar refractivity (Wildman–Crippen MR) is 89.7 cm³/mol. The van der Waals surface area contributed by atoms with Gasteiger partial charge in [-0.25, -0.2) is 0 Å². The Morgan fingerprint density at radius 2 is 1.65 bits per heavy atom. The molecule has 1 aromatic carbocycles. The van der Waals surface area contributed by atoms with E-state index in [2.05, 4.69) is 0 Å². The van der Waals surface area contributed by atoms with E-state index < -0.39 is 16.7 Å². The Morgan fingerprint density at radius 3 is 2.13 bits per heavy atom. The Morgan fingerprint density at radius 1 is 1.09 bits per heavy atom. The lowest BCUT2D eigenvalue weighted by atomic mass is 9.84. The van der Waals surface area contributed by atoms with E-state index >= 15 is 0 Å². The molecule has 0 radical (unpaired) electrons. The highest BCUT2D eigenvalue weighted by atomic mass is 16.2. The standard InChI is InChI=1S/C18H26N2O3/c1-17(2,3)16(23)20(6)14(21)13-9-7-8-12(10-13)11-18(4,5)15(19)22/h7-10H,11H2,1-6H3,(H2,19,22). The van der Waals surface area contributed by atoms with E-state index in [1.807, 2.05) is 6.07 Å². The van der Waals surface area contributed by atoms with Gasteiger partial charge in [0.15, 0.2) is 0 Å². The number of nitrogens with two attached hydrogens (primary N) is 1. The first-order chi connectivity index (χ1) is 10.4. The van der Waals surface area contributed by atoms with Crippen LogP contribution in [0.4, 0.5) is 0 Å². The van der Waals surface area contributed by atoms with Crippen LogP contribution in [0.25, 0.3) is 0 Å². The van der Waals surface area contributed by atoms with Gasteiger partial charge < -0.3 is 5.73 Å². The van der Waals surface area contributed by atoms with Crippen molar-refractivity contribution in [3.05, 3.63) is 35.4 Å². The van der Waals surface area contributed by atoms with Gasteiger partial charge in [-0.3, -0.25) is 19.3 Å². The Hall–Kier alpha value is -2.17. The topological polar surface area (TPSA) is 80.5 Å². The van der Waals surface area contributed by atoms with Gasteiger partial charge in [0.1, 0.15) is 0 Å². The summed E-state index contributed by atoms with van der Waals surface area (Å²) in [5.74, 6) is -0.997. The largest absolute Gasteiger partial charge is 0.369 e. The fraction of sp³-hybridized carbons (Fsp3) is 0.500. The van der Waals surface area contributed by atoms with Crippen LogP contribution in [-0.2, 0) is 16.0 Å². The van der Waals surface area contributed by atoms with Crippen molar-refractivity contribution < 1.29 is 14.4 Å². The SMILES string of the molecule is CN(C(=O)c1cccc(CC(C)(C)C(N)=O)c1)C(=O)C(C)(C)C. The van der Waals surface area contributed by atoms with Gasteiger partial charge in [-0.2, -0.15) is 0 Å². The molecule has 0 aliphatic heterocycles. The summed E-state index contributed by atoms with van der Waals surface area (Å²) in [4.78, 5) is 37.3. The second kappa shape index (κ2) is 6.52. The smallest absolute Gasteiger partial charge is 0.260 e. The molecule has 0 bridgehead atoms. The number of hydrogen-bond donors (Lipinski definition) is 1. The van der Waals surface area contributed by atoms with Crippen LogP contribution >= 0.6 is 0 Å². The summed E-state index contributed by atoms with van der Waals surface area (Å²) in [7, 11) is 1.48. The third-order valence-corrected chi connectivity index (χ3v) is 3.74. The number of carbonyl (C=O) groups excluding carboxylic acids is 3. The molecule has 0 spiro atoms. The molecule has 0 saturated heterocycles. The van der Waals surface area contributed by atoms with Crippen LogP contribution in [0, 0.1) is 10.8 Å². The molecule has 126 valence electrons. The van der Waals surface area contributed by atoms with Gasteiger partial charge in [0.2, 0.25) is 11.8 Å². The summed E-state index contributed by atoms with van der Waals surface area (Å²) in [5, 5.41) is 0. The Bertz CT molecular complexity index is 627. The molecule has 0 aromatic heterocycles. The van der Waals surface area contributed by atoms with E-state index in [1.54, 1.807) is 52.8 Å². The normalized spacial score (nSPS) is 11.9. The lowest BCUT2D eigenvalue weighted by Crippen LogP contribution is -2.40. The predicted octanol–water partition coefficient (Wildman–Crippen LogP) is 2.39. The average Bonchev–Trinajstić information content (AvgIpc) is 2.43. The maximum Gasteiger partial charge on any atom is 0.260 e. The molecule has 0 heterocycles. The molecule has 0 unspecified atom stereocenters. The number of carbonyl (C=O) groups is 3. The van der Waals surface area contributed by atoms with Gasteiger partial charge in [-0.1, -0.05) is 46.8 Å². The van der Waals surface area contributed by atoms with Crippen molar-refractivity contribution >= 4 is 17.7 Å². The second-order valence-corrected chi connectivity index (χ2v) is 7.54. The molecular weight excluding hydrogens is 292 g/mol. The maximum absolute atomic E-state index is 12.5. The number of amides is 3. The number of nitrogens with zero attached hydrogens (tertiary/aromatic N) is 1. The fourth-order valence-electron chi connectivity index (χ4n) is 2.20. The first kappa shape index (κ1) is 18.9. The van der Waals surface area contributed by atoms with Crippen LogP contribution < -0.4 is 5.73 Å². The Kier molecular flexibility index (Phi) is 5.35. The molecule has 0 aliphatic carbocycles. The van der Waals surface area contributed by atoms with Crippen molar-refractivity contribution in [2.45, 2.75) is 41.0 Å². The van der Waals surface area contributed by atoms with Crippen molar-refractivity contribution in [1.29, 1.82) is 0 Å². The molecule has 0 atom stereocenters. The van der Waals surface area contributed by atoms with Gasteiger partial charge in [-0.15, -0.1) is 0 Å². The van der Waals surface area contributed by atoms with Crippen molar-refractivity contribution in [1.82, 2.24) is 4.90 Å². The van der Waals surface area contributed by atoms with Crippen LogP contribution in [0.15, 0.2) is 24.3 Å². The van der Waals surface area contributed by atoms with Gasteiger partial charge >= 0.3 is 0 Å². The van der Waals surface area contributed by atoms with Gasteiger partial charge in [0.25, 0.3) is 5.91 Å². The van der Waals surface area contributed by atoms with E-state index in [9.17, 15) is 14.4 Å². The third kappa shape index (κ3) is 4.65. The summed E-state index contributed by atoms with van der Waals surface area (Å²) in [6, 6.07) is 6.96. The van der Waals surface area contributed by atoms with Crippen molar-refractivity contribution in [3.8, 4) is 0 Å². The number of primary amides is 1. The minimum atomic E-state index is -0.700. The van der Waals surface area contributed by atoms with Crippen LogP contribution in [-0.4, -0.2) is 29.7 Å². The number of benzene rings is 1. The van der Waals surface area contributed by atoms with E-state index in [-0.39, 0.29) is 11.8 Å². The first-order valence-electron chi connectivity index (χ1n) is 7.57. The number of imide groups is 1. The molecule has 3 amide bonds. The van der Waals surface area contributed by atoms with Crippen LogP contribution in [0.1, 0.15) is 50.5 Å². The van der Waals surface area contributed by atoms with Crippen molar-refractivity contribution in [3.63, 3.8) is 0 Å². The van der Waals surface area contributed by atoms with Crippen molar-refractivity contribution in [2.75, 3.05) is 7.05 Å². The highest BCUT2D eigenvalue weighted by Gasteiger charge is 2.30. The number of hydrogen-bond acceptors (Lipinski definition) is 3. The molecule has 2 N–H and O–H groups in total. The summed E-state index contributed by atoms with van der Waals surface area (Å²) >= 11 is 0. The van der Waals surface area contributed by atoms with E-state index in [0.717, 1.165) is 10.5 Å². The molecule has 0 fully saturated rings. The van der Waals surface area contributed by atoms with E-state index in [1.165, 1.54) is 7.05 Å². The van der Waals surface area contributed by atoms with Crippen LogP contribution in [0.3, 0.4) is 0 Å². The molecule has 1 rings (SSSR count). The van der Waals surface area contributed by atoms with Gasteiger partial charge in [0.05, 0.1) is 0 Å². The summed E-state index contributed by atoms with van der Waals surface area (Å²) in [6.45, 7) is 8.83. The second-order valence-electron chi connectivity index (χ2n) is 7.54.